The van der Waals surface area contributed by atoms with Crippen LogP contribution < -0.4 is 9.62 Å². The van der Waals surface area contributed by atoms with Gasteiger partial charge in [0, 0.05) is 26.2 Å². The van der Waals surface area contributed by atoms with Gasteiger partial charge in [-0.15, -0.1) is 0 Å². The van der Waals surface area contributed by atoms with Crippen LogP contribution >= 0.6 is 0 Å². The first-order valence-corrected chi connectivity index (χ1v) is 10.7. The van der Waals surface area contributed by atoms with Crippen LogP contribution in [0.15, 0.2) is 47.4 Å². The zero-order valence-electron chi connectivity index (χ0n) is 16.1. The summed E-state index contributed by atoms with van der Waals surface area (Å²) in [5.74, 6) is -1.10. The highest BCUT2D eigenvalue weighted by atomic mass is 32.2. The zero-order valence-corrected chi connectivity index (χ0v) is 16.9. The van der Waals surface area contributed by atoms with E-state index in [-0.39, 0.29) is 16.1 Å². The molecule has 0 aromatic heterocycles. The van der Waals surface area contributed by atoms with E-state index in [1.54, 1.807) is 30.3 Å². The number of carboxylic acids is 1. The van der Waals surface area contributed by atoms with Crippen LogP contribution in [0, 0.1) is 0 Å². The van der Waals surface area contributed by atoms with Gasteiger partial charge >= 0.3 is 5.97 Å². The fraction of sp³-hybridized carbons (Fsp3) is 0.350. The fourth-order valence-electron chi connectivity index (χ4n) is 3.18. The number of aromatic carboxylic acids is 1. The third kappa shape index (κ3) is 4.45. The molecule has 0 radical (unpaired) electrons. The lowest BCUT2D eigenvalue weighted by Crippen LogP contribution is -2.44. The predicted molar refractivity (Wildman–Crippen MR) is 110 cm³/mol. The summed E-state index contributed by atoms with van der Waals surface area (Å²) in [5.41, 5.74) is 2.05. The molecule has 7 nitrogen and oxygen atoms in total. The average Bonchev–Trinajstić information content (AvgIpc) is 2.68. The van der Waals surface area contributed by atoms with Crippen LogP contribution in [0.3, 0.4) is 0 Å². The molecule has 0 amide bonds. The molecule has 0 spiro atoms. The van der Waals surface area contributed by atoms with Crippen molar-refractivity contribution >= 4 is 27.4 Å². The van der Waals surface area contributed by atoms with E-state index in [2.05, 4.69) is 14.5 Å². The Morgan fingerprint density at radius 1 is 1.07 bits per heavy atom. The number of aryl methyl sites for hydroxylation is 1. The summed E-state index contributed by atoms with van der Waals surface area (Å²) < 4.78 is 28.4. The van der Waals surface area contributed by atoms with Gasteiger partial charge in [0.25, 0.3) is 10.0 Å². The maximum atomic E-state index is 12.9. The fourth-order valence-corrected chi connectivity index (χ4v) is 4.25. The number of anilines is 2. The van der Waals surface area contributed by atoms with Crippen molar-refractivity contribution < 1.29 is 18.3 Å². The van der Waals surface area contributed by atoms with Crippen molar-refractivity contribution in [2.75, 3.05) is 42.8 Å². The molecule has 0 bridgehead atoms. The Balaban J connectivity index is 1.95. The molecule has 2 aromatic carbocycles. The van der Waals surface area contributed by atoms with Crippen LogP contribution in [-0.2, 0) is 16.4 Å². The van der Waals surface area contributed by atoms with E-state index in [1.165, 1.54) is 12.1 Å². The molecule has 28 heavy (non-hydrogen) atoms. The Hall–Kier alpha value is -2.58. The van der Waals surface area contributed by atoms with Crippen molar-refractivity contribution in [3.05, 3.63) is 53.6 Å². The number of nitrogens with one attached hydrogen (secondary N) is 1. The van der Waals surface area contributed by atoms with Crippen molar-refractivity contribution in [2.24, 2.45) is 0 Å². The number of hydrogen-bond acceptors (Lipinski definition) is 5. The number of piperazine rings is 1. The Kier molecular flexibility index (Phi) is 5.90. The van der Waals surface area contributed by atoms with Gasteiger partial charge in [0.15, 0.2) is 0 Å². The Morgan fingerprint density at radius 3 is 2.29 bits per heavy atom. The Morgan fingerprint density at radius 2 is 1.71 bits per heavy atom. The number of benzene rings is 2. The highest BCUT2D eigenvalue weighted by Crippen LogP contribution is 2.30. The number of rotatable bonds is 6. The van der Waals surface area contributed by atoms with Crippen molar-refractivity contribution in [2.45, 2.75) is 18.2 Å². The van der Waals surface area contributed by atoms with E-state index < -0.39 is 16.0 Å². The monoisotopic (exact) mass is 403 g/mol. The summed E-state index contributed by atoms with van der Waals surface area (Å²) in [4.78, 5) is 15.8. The van der Waals surface area contributed by atoms with Gasteiger partial charge in [-0.1, -0.05) is 19.1 Å². The lowest BCUT2D eigenvalue weighted by Gasteiger charge is -2.35. The first-order valence-electron chi connectivity index (χ1n) is 9.23. The van der Waals surface area contributed by atoms with E-state index in [0.717, 1.165) is 38.2 Å². The predicted octanol–water partition coefficient (Wildman–Crippen LogP) is 2.50. The summed E-state index contributed by atoms with van der Waals surface area (Å²) in [5, 5.41) is 9.32. The van der Waals surface area contributed by atoms with Crippen molar-refractivity contribution in [1.29, 1.82) is 0 Å². The first kappa shape index (κ1) is 20.2. The van der Waals surface area contributed by atoms with Gasteiger partial charge in [-0.2, -0.15) is 0 Å². The van der Waals surface area contributed by atoms with Gasteiger partial charge in [-0.3, -0.25) is 4.72 Å². The molecule has 1 aliphatic heterocycles. The zero-order chi connectivity index (χ0) is 20.3. The maximum Gasteiger partial charge on any atom is 0.335 e. The van der Waals surface area contributed by atoms with Crippen LogP contribution in [-0.4, -0.2) is 57.6 Å². The molecular weight excluding hydrogens is 378 g/mol. The van der Waals surface area contributed by atoms with E-state index in [4.69, 9.17) is 0 Å². The molecule has 150 valence electrons. The van der Waals surface area contributed by atoms with E-state index in [0.29, 0.717) is 5.69 Å². The highest BCUT2D eigenvalue weighted by Gasteiger charge is 2.22. The SMILES string of the molecule is CCc1ccc(S(=O)(=O)Nc2cc(C(=O)O)ccc2N2CCN(C)CC2)cc1. The largest absolute Gasteiger partial charge is 0.478 e. The first-order chi connectivity index (χ1) is 13.3. The molecule has 1 heterocycles. The minimum atomic E-state index is -3.83. The third-order valence-electron chi connectivity index (χ3n) is 4.97. The number of carboxylic acid groups (broad SMARTS) is 1. The van der Waals surface area contributed by atoms with Gasteiger partial charge in [0.05, 0.1) is 21.8 Å². The number of likely N-dealkylation sites (N-methyl/N-ethyl adjacent to an activating group) is 1. The Bertz CT molecular complexity index is 950. The molecule has 0 unspecified atom stereocenters. The van der Waals surface area contributed by atoms with Crippen molar-refractivity contribution in [3.63, 3.8) is 0 Å². The summed E-state index contributed by atoms with van der Waals surface area (Å²) in [7, 11) is -1.80. The van der Waals surface area contributed by atoms with Crippen molar-refractivity contribution in [1.82, 2.24) is 4.90 Å². The van der Waals surface area contributed by atoms with Gasteiger partial charge in [-0.05, 0) is 49.4 Å². The van der Waals surface area contributed by atoms with Gasteiger partial charge in [0.2, 0.25) is 0 Å². The lowest BCUT2D eigenvalue weighted by molar-refractivity contribution is 0.0697. The van der Waals surface area contributed by atoms with Crippen LogP contribution in [0.25, 0.3) is 0 Å². The quantitative estimate of drug-likeness (QED) is 0.770. The molecule has 8 heteroatoms. The van der Waals surface area contributed by atoms with E-state index >= 15 is 0 Å². The van der Waals surface area contributed by atoms with Crippen LogP contribution in [0.4, 0.5) is 11.4 Å². The molecule has 0 atom stereocenters. The van der Waals surface area contributed by atoms with Gasteiger partial charge in [0.1, 0.15) is 0 Å². The van der Waals surface area contributed by atoms with Crippen LogP contribution in [0.1, 0.15) is 22.8 Å². The van der Waals surface area contributed by atoms with Crippen LogP contribution in [0.2, 0.25) is 0 Å². The third-order valence-corrected chi connectivity index (χ3v) is 6.36. The topological polar surface area (TPSA) is 89.9 Å². The summed E-state index contributed by atoms with van der Waals surface area (Å²) in [6, 6.07) is 11.3. The van der Waals surface area contributed by atoms with E-state index in [1.807, 2.05) is 14.0 Å². The van der Waals surface area contributed by atoms with Crippen molar-refractivity contribution in [3.8, 4) is 0 Å². The van der Waals surface area contributed by atoms with Gasteiger partial charge < -0.3 is 14.9 Å². The summed E-state index contributed by atoms with van der Waals surface area (Å²) in [6.07, 6.45) is 0.821. The minimum Gasteiger partial charge on any atom is -0.478 e. The normalized spacial score (nSPS) is 15.4. The highest BCUT2D eigenvalue weighted by molar-refractivity contribution is 7.92. The number of hydrogen-bond donors (Lipinski definition) is 2. The molecule has 1 fully saturated rings. The molecule has 0 aliphatic carbocycles. The van der Waals surface area contributed by atoms with E-state index in [9.17, 15) is 18.3 Å². The molecule has 1 saturated heterocycles. The molecule has 1 aliphatic rings. The molecular formula is C20H25N3O4S. The molecule has 3 rings (SSSR count). The molecule has 2 N–H and O–H groups in total. The second kappa shape index (κ2) is 8.20. The summed E-state index contributed by atoms with van der Waals surface area (Å²) in [6.45, 7) is 5.18. The number of nitrogens with zero attached hydrogens (tertiary/aromatic N) is 2. The summed E-state index contributed by atoms with van der Waals surface area (Å²) >= 11 is 0. The number of carbonyl (C=O) groups is 1. The smallest absolute Gasteiger partial charge is 0.335 e. The number of sulfonamides is 1. The molecule has 0 saturated carbocycles. The lowest BCUT2D eigenvalue weighted by atomic mass is 10.1. The standard InChI is InChI=1S/C20H25N3O4S/c1-3-15-4-7-17(8-5-15)28(26,27)21-18-14-16(20(24)25)6-9-19(18)23-12-10-22(2)11-13-23/h4-9,14,21H,3,10-13H2,1-2H3,(H,24,25). The minimum absolute atomic E-state index is 0.0388. The van der Waals surface area contributed by atoms with Crippen LogP contribution in [0.5, 0.6) is 0 Å². The van der Waals surface area contributed by atoms with Gasteiger partial charge in [-0.25, -0.2) is 13.2 Å². The second-order valence-electron chi connectivity index (χ2n) is 6.93. The Labute approximate surface area is 165 Å². The maximum absolute atomic E-state index is 12.9. The average molecular weight is 404 g/mol. The second-order valence-corrected chi connectivity index (χ2v) is 8.61. The molecule has 2 aromatic rings.